The first-order chi connectivity index (χ1) is 9.81. The van der Waals surface area contributed by atoms with Crippen LogP contribution in [0, 0.1) is 0 Å². The average molecular weight is 315 g/mol. The highest BCUT2D eigenvalue weighted by Gasteiger charge is 2.32. The second kappa shape index (κ2) is 5.77. The quantitative estimate of drug-likeness (QED) is 0.743. The fourth-order valence-electron chi connectivity index (χ4n) is 1.84. The molecule has 0 aliphatic carbocycles. The molecule has 0 unspecified atom stereocenters. The Hall–Kier alpha value is -2.01. The van der Waals surface area contributed by atoms with Gasteiger partial charge in [0.05, 0.1) is 18.2 Å². The van der Waals surface area contributed by atoms with Gasteiger partial charge in [0.2, 0.25) is 0 Å². The molecule has 0 atom stereocenters. The maximum absolute atomic E-state index is 12.9. The van der Waals surface area contributed by atoms with Gasteiger partial charge in [0.15, 0.2) is 0 Å². The van der Waals surface area contributed by atoms with Crippen LogP contribution in [0.25, 0.3) is 11.1 Å². The Labute approximate surface area is 124 Å². The predicted molar refractivity (Wildman–Crippen MR) is 73.2 cm³/mol. The molecular weight excluding hydrogens is 305 g/mol. The van der Waals surface area contributed by atoms with Crippen LogP contribution < -0.4 is 0 Å². The molecule has 0 N–H and O–H groups in total. The van der Waals surface area contributed by atoms with E-state index in [9.17, 15) is 18.0 Å². The molecule has 0 saturated carbocycles. The van der Waals surface area contributed by atoms with Gasteiger partial charge >= 0.3 is 12.1 Å². The van der Waals surface area contributed by atoms with Crippen molar-refractivity contribution in [3.63, 3.8) is 0 Å². The molecule has 0 aliphatic heterocycles. The smallest absolute Gasteiger partial charge is 0.416 e. The molecule has 0 spiro atoms. The molecule has 21 heavy (non-hydrogen) atoms. The van der Waals surface area contributed by atoms with Crippen LogP contribution in [0.4, 0.5) is 13.2 Å². The number of esters is 1. The summed E-state index contributed by atoms with van der Waals surface area (Å²) in [7, 11) is 1.12. The summed E-state index contributed by atoms with van der Waals surface area (Å²) < 4.78 is 43.3. The monoisotopic (exact) mass is 314 g/mol. The summed E-state index contributed by atoms with van der Waals surface area (Å²) in [6.07, 6.45) is -4.55. The predicted octanol–water partition coefficient (Wildman–Crippen LogP) is 4.81. The van der Waals surface area contributed by atoms with E-state index in [0.717, 1.165) is 19.2 Å². The first-order valence-corrected chi connectivity index (χ1v) is 6.25. The zero-order valence-corrected chi connectivity index (χ0v) is 11.6. The van der Waals surface area contributed by atoms with E-state index in [0.29, 0.717) is 10.6 Å². The van der Waals surface area contributed by atoms with Crippen molar-refractivity contribution >= 4 is 17.6 Å². The van der Waals surface area contributed by atoms with Crippen molar-refractivity contribution in [3.05, 3.63) is 58.6 Å². The van der Waals surface area contributed by atoms with Gasteiger partial charge in [0, 0.05) is 5.02 Å². The second-order valence-corrected chi connectivity index (χ2v) is 4.73. The summed E-state index contributed by atoms with van der Waals surface area (Å²) in [6, 6.07) is 9.40. The van der Waals surface area contributed by atoms with Gasteiger partial charge in [0.1, 0.15) is 0 Å². The summed E-state index contributed by atoms with van der Waals surface area (Å²) >= 11 is 5.75. The van der Waals surface area contributed by atoms with Gasteiger partial charge in [-0.1, -0.05) is 23.7 Å². The van der Waals surface area contributed by atoms with E-state index >= 15 is 0 Å². The van der Waals surface area contributed by atoms with Crippen LogP contribution in [-0.2, 0) is 10.9 Å². The third-order valence-electron chi connectivity index (χ3n) is 2.86. The topological polar surface area (TPSA) is 26.3 Å². The Kier molecular flexibility index (Phi) is 4.23. The summed E-state index contributed by atoms with van der Waals surface area (Å²) in [4.78, 5) is 11.5. The minimum atomic E-state index is -4.55. The maximum Gasteiger partial charge on any atom is 0.416 e. The summed E-state index contributed by atoms with van der Waals surface area (Å²) in [5.41, 5.74) is -0.273. The number of alkyl halides is 3. The van der Waals surface area contributed by atoms with Crippen LogP contribution in [-0.4, -0.2) is 13.1 Å². The van der Waals surface area contributed by atoms with E-state index in [1.165, 1.54) is 6.07 Å². The van der Waals surface area contributed by atoms with Crippen molar-refractivity contribution < 1.29 is 22.7 Å². The van der Waals surface area contributed by atoms with Crippen molar-refractivity contribution in [2.24, 2.45) is 0 Å². The molecule has 0 saturated heterocycles. The van der Waals surface area contributed by atoms with E-state index in [2.05, 4.69) is 4.74 Å². The minimum Gasteiger partial charge on any atom is -0.465 e. The van der Waals surface area contributed by atoms with Gasteiger partial charge in [0.25, 0.3) is 0 Å². The fraction of sp³-hybridized carbons (Fsp3) is 0.133. The summed E-state index contributed by atoms with van der Waals surface area (Å²) in [6.45, 7) is 0. The minimum absolute atomic E-state index is 0.155. The van der Waals surface area contributed by atoms with Crippen molar-refractivity contribution in [2.75, 3.05) is 7.11 Å². The summed E-state index contributed by atoms with van der Waals surface area (Å²) in [5.74, 6) is -0.823. The molecule has 0 aromatic heterocycles. The van der Waals surface area contributed by atoms with Crippen molar-refractivity contribution in [1.82, 2.24) is 0 Å². The Bertz CT molecular complexity index is 664. The number of rotatable bonds is 2. The number of hydrogen-bond acceptors (Lipinski definition) is 2. The van der Waals surface area contributed by atoms with Crippen molar-refractivity contribution in [1.29, 1.82) is 0 Å². The fourth-order valence-corrected chi connectivity index (χ4v) is 1.96. The first kappa shape index (κ1) is 15.4. The van der Waals surface area contributed by atoms with E-state index in [-0.39, 0.29) is 11.1 Å². The molecule has 2 aromatic carbocycles. The molecule has 0 bridgehead atoms. The van der Waals surface area contributed by atoms with Crippen molar-refractivity contribution in [3.8, 4) is 11.1 Å². The Morgan fingerprint density at radius 2 is 1.67 bits per heavy atom. The van der Waals surface area contributed by atoms with Crippen LogP contribution in [0.15, 0.2) is 42.5 Å². The van der Waals surface area contributed by atoms with E-state index in [1.807, 2.05) is 0 Å². The van der Waals surface area contributed by atoms with Crippen LogP contribution in [0.5, 0.6) is 0 Å². The molecule has 0 aliphatic rings. The maximum atomic E-state index is 12.9. The van der Waals surface area contributed by atoms with Gasteiger partial charge in [-0.25, -0.2) is 4.79 Å². The van der Waals surface area contributed by atoms with E-state index in [4.69, 9.17) is 11.6 Å². The van der Waals surface area contributed by atoms with Gasteiger partial charge in [-0.05, 0) is 41.5 Å². The number of hydrogen-bond donors (Lipinski definition) is 0. The molecule has 0 fully saturated rings. The van der Waals surface area contributed by atoms with Crippen LogP contribution in [0.1, 0.15) is 15.9 Å². The highest BCUT2D eigenvalue weighted by Crippen LogP contribution is 2.34. The molecule has 0 amide bonds. The number of carbonyl (C=O) groups is 1. The average Bonchev–Trinajstić information content (AvgIpc) is 2.45. The zero-order valence-electron chi connectivity index (χ0n) is 10.9. The molecule has 2 rings (SSSR count). The van der Waals surface area contributed by atoms with Gasteiger partial charge < -0.3 is 4.74 Å². The molecular formula is C15H10ClF3O2. The van der Waals surface area contributed by atoms with Crippen LogP contribution in [0.3, 0.4) is 0 Å². The highest BCUT2D eigenvalue weighted by molar-refractivity contribution is 6.30. The standard InChI is InChI=1S/C15H10ClF3O2/c1-21-14(20)11-6-10(7-12(8-11)15(17,18)19)9-2-4-13(16)5-3-9/h2-8H,1H3. The Morgan fingerprint density at radius 3 is 2.19 bits per heavy atom. The third kappa shape index (κ3) is 3.55. The highest BCUT2D eigenvalue weighted by atomic mass is 35.5. The van der Waals surface area contributed by atoms with Gasteiger partial charge in [-0.15, -0.1) is 0 Å². The number of carbonyl (C=O) groups excluding carboxylic acids is 1. The van der Waals surface area contributed by atoms with Gasteiger partial charge in [-0.2, -0.15) is 13.2 Å². The zero-order chi connectivity index (χ0) is 15.6. The van der Waals surface area contributed by atoms with Crippen molar-refractivity contribution in [2.45, 2.75) is 6.18 Å². The number of halogens is 4. The largest absolute Gasteiger partial charge is 0.465 e. The van der Waals surface area contributed by atoms with E-state index < -0.39 is 17.7 Å². The first-order valence-electron chi connectivity index (χ1n) is 5.88. The lowest BCUT2D eigenvalue weighted by atomic mass is 9.99. The van der Waals surface area contributed by atoms with Crippen LogP contribution in [0.2, 0.25) is 5.02 Å². The molecule has 110 valence electrons. The van der Waals surface area contributed by atoms with Gasteiger partial charge in [-0.3, -0.25) is 0 Å². The number of methoxy groups -OCH3 is 1. The Balaban J connectivity index is 2.59. The SMILES string of the molecule is COC(=O)c1cc(-c2ccc(Cl)cc2)cc(C(F)(F)F)c1. The molecule has 0 heterocycles. The molecule has 2 aromatic rings. The lowest BCUT2D eigenvalue weighted by molar-refractivity contribution is -0.137. The third-order valence-corrected chi connectivity index (χ3v) is 3.11. The lowest BCUT2D eigenvalue weighted by Gasteiger charge is -2.11. The number of benzene rings is 2. The summed E-state index contributed by atoms with van der Waals surface area (Å²) in [5, 5.41) is 0.471. The van der Waals surface area contributed by atoms with Crippen LogP contribution >= 0.6 is 11.6 Å². The molecule has 2 nitrogen and oxygen atoms in total. The molecule has 0 radical (unpaired) electrons. The van der Waals surface area contributed by atoms with E-state index in [1.54, 1.807) is 24.3 Å². The Morgan fingerprint density at radius 1 is 1.05 bits per heavy atom. The number of ether oxygens (including phenoxy) is 1. The normalized spacial score (nSPS) is 11.3. The lowest BCUT2D eigenvalue weighted by Crippen LogP contribution is -2.09. The second-order valence-electron chi connectivity index (χ2n) is 4.30. The molecule has 6 heteroatoms.